The summed E-state index contributed by atoms with van der Waals surface area (Å²) in [5.74, 6) is 1.89. The van der Waals surface area contributed by atoms with Gasteiger partial charge in [-0.05, 0) is 62.1 Å². The second kappa shape index (κ2) is 9.59. The van der Waals surface area contributed by atoms with Crippen LogP contribution in [0.1, 0.15) is 43.6 Å². The molecule has 0 aliphatic carbocycles. The van der Waals surface area contributed by atoms with Crippen molar-refractivity contribution >= 4 is 16.9 Å². The van der Waals surface area contributed by atoms with Crippen LogP contribution in [0.25, 0.3) is 11.0 Å². The Hall–Kier alpha value is -2.82. The summed E-state index contributed by atoms with van der Waals surface area (Å²) in [6.07, 6.45) is 1.70. The van der Waals surface area contributed by atoms with Crippen molar-refractivity contribution in [2.24, 2.45) is 5.92 Å². The van der Waals surface area contributed by atoms with Crippen molar-refractivity contribution in [3.05, 3.63) is 59.4 Å². The Morgan fingerprint density at radius 2 is 1.79 bits per heavy atom. The number of imidazole rings is 1. The Morgan fingerprint density at radius 3 is 2.48 bits per heavy atom. The van der Waals surface area contributed by atoms with Gasteiger partial charge in [-0.25, -0.2) is 4.98 Å². The zero-order valence-electron chi connectivity index (χ0n) is 17.9. The third-order valence-corrected chi connectivity index (χ3v) is 5.29. The van der Waals surface area contributed by atoms with Crippen LogP contribution < -0.4 is 10.1 Å². The summed E-state index contributed by atoms with van der Waals surface area (Å²) in [7, 11) is 0. The third-order valence-electron chi connectivity index (χ3n) is 5.29. The number of hydrogen-bond acceptors (Lipinski definition) is 3. The van der Waals surface area contributed by atoms with Crippen molar-refractivity contribution in [1.29, 1.82) is 0 Å². The van der Waals surface area contributed by atoms with Gasteiger partial charge in [-0.2, -0.15) is 0 Å². The lowest BCUT2D eigenvalue weighted by Gasteiger charge is -2.14. The first-order chi connectivity index (χ1) is 14.0. The van der Waals surface area contributed by atoms with Crippen molar-refractivity contribution in [2.75, 3.05) is 6.61 Å². The number of hydrogen-bond donors (Lipinski definition) is 1. The molecule has 0 aliphatic heterocycles. The maximum Gasteiger partial charge on any atom is 0.223 e. The van der Waals surface area contributed by atoms with E-state index in [0.29, 0.717) is 19.7 Å². The molecule has 3 rings (SSSR count). The molecule has 5 heteroatoms. The van der Waals surface area contributed by atoms with E-state index in [4.69, 9.17) is 9.72 Å². The summed E-state index contributed by atoms with van der Waals surface area (Å²) >= 11 is 0. The Labute approximate surface area is 173 Å². The fourth-order valence-corrected chi connectivity index (χ4v) is 3.75. The first-order valence-corrected chi connectivity index (χ1v) is 10.4. The van der Waals surface area contributed by atoms with E-state index < -0.39 is 0 Å². The van der Waals surface area contributed by atoms with Gasteiger partial charge in [0.05, 0.1) is 24.1 Å². The summed E-state index contributed by atoms with van der Waals surface area (Å²) in [5.41, 5.74) is 4.38. The Kier molecular flexibility index (Phi) is 6.91. The normalized spacial score (nSPS) is 11.2. The lowest BCUT2D eigenvalue weighted by atomic mass is 10.0. The molecule has 1 amide bonds. The van der Waals surface area contributed by atoms with Crippen molar-refractivity contribution in [3.63, 3.8) is 0 Å². The molecule has 0 radical (unpaired) electrons. The molecule has 0 aliphatic rings. The van der Waals surface area contributed by atoms with Crippen molar-refractivity contribution in [3.8, 4) is 5.75 Å². The van der Waals surface area contributed by atoms with E-state index in [1.807, 2.05) is 32.0 Å². The van der Waals surface area contributed by atoms with Gasteiger partial charge in [-0.1, -0.05) is 32.0 Å². The highest BCUT2D eigenvalue weighted by atomic mass is 16.5. The van der Waals surface area contributed by atoms with Gasteiger partial charge in [0, 0.05) is 5.92 Å². The number of aryl methyl sites for hydroxylation is 2. The molecule has 0 saturated carbocycles. The van der Waals surface area contributed by atoms with E-state index in [1.165, 1.54) is 11.1 Å². The second-order valence-corrected chi connectivity index (χ2v) is 7.57. The van der Waals surface area contributed by atoms with E-state index in [0.717, 1.165) is 35.4 Å². The Bertz CT molecular complexity index is 953. The highest BCUT2D eigenvalue weighted by Gasteiger charge is 2.16. The van der Waals surface area contributed by atoms with Crippen LogP contribution in [-0.4, -0.2) is 22.1 Å². The van der Waals surface area contributed by atoms with Gasteiger partial charge in [0.15, 0.2) is 0 Å². The summed E-state index contributed by atoms with van der Waals surface area (Å²) in [4.78, 5) is 17.1. The molecule has 0 atom stereocenters. The standard InChI is InChI=1S/C24H31N3O2/c1-5-19(6-2)24(28)25-16-23-26-21-9-7-8-10-22(21)27(23)11-12-29-20-14-17(3)13-18(4)15-20/h7-10,13-15,19H,5-6,11-12,16H2,1-4H3,(H,25,28). The van der Waals surface area contributed by atoms with E-state index >= 15 is 0 Å². The molecule has 0 unspecified atom stereocenters. The van der Waals surface area contributed by atoms with Crippen molar-refractivity contribution < 1.29 is 9.53 Å². The number of para-hydroxylation sites is 2. The van der Waals surface area contributed by atoms with E-state index in [1.54, 1.807) is 0 Å². The highest BCUT2D eigenvalue weighted by molar-refractivity contribution is 5.79. The van der Waals surface area contributed by atoms with Crippen LogP contribution >= 0.6 is 0 Å². The molecule has 0 saturated heterocycles. The molecular formula is C24H31N3O2. The SMILES string of the molecule is CCC(CC)C(=O)NCc1nc2ccccc2n1CCOc1cc(C)cc(C)c1. The number of benzene rings is 2. The molecule has 2 aromatic carbocycles. The molecule has 0 fully saturated rings. The predicted molar refractivity (Wildman–Crippen MR) is 117 cm³/mol. The number of carbonyl (C=O) groups excluding carboxylic acids is 1. The van der Waals surface area contributed by atoms with Gasteiger partial charge in [-0.15, -0.1) is 0 Å². The second-order valence-electron chi connectivity index (χ2n) is 7.57. The highest BCUT2D eigenvalue weighted by Crippen LogP contribution is 2.19. The van der Waals surface area contributed by atoms with Gasteiger partial charge < -0.3 is 14.6 Å². The Morgan fingerprint density at radius 1 is 1.10 bits per heavy atom. The summed E-state index contributed by atoms with van der Waals surface area (Å²) in [6.45, 7) is 9.88. The van der Waals surface area contributed by atoms with E-state index in [9.17, 15) is 4.79 Å². The van der Waals surface area contributed by atoms with Crippen LogP contribution in [0.3, 0.4) is 0 Å². The monoisotopic (exact) mass is 393 g/mol. The van der Waals surface area contributed by atoms with Gasteiger partial charge in [0.25, 0.3) is 0 Å². The number of carbonyl (C=O) groups is 1. The summed E-state index contributed by atoms with van der Waals surface area (Å²) in [6, 6.07) is 14.3. The fourth-order valence-electron chi connectivity index (χ4n) is 3.75. The van der Waals surface area contributed by atoms with E-state index in [-0.39, 0.29) is 11.8 Å². The first-order valence-electron chi connectivity index (χ1n) is 10.4. The molecule has 3 aromatic rings. The smallest absolute Gasteiger partial charge is 0.223 e. The minimum Gasteiger partial charge on any atom is -0.492 e. The number of fused-ring (bicyclic) bond motifs is 1. The lowest BCUT2D eigenvalue weighted by molar-refractivity contribution is -0.125. The van der Waals surface area contributed by atoms with Crippen LogP contribution in [0.2, 0.25) is 0 Å². The number of ether oxygens (including phenoxy) is 1. The number of amides is 1. The molecule has 1 aromatic heterocycles. The van der Waals surface area contributed by atoms with Crippen LogP contribution in [0.5, 0.6) is 5.75 Å². The van der Waals surface area contributed by atoms with Crippen LogP contribution in [0.15, 0.2) is 42.5 Å². The molecule has 29 heavy (non-hydrogen) atoms. The first kappa shape index (κ1) is 20.9. The van der Waals surface area contributed by atoms with Crippen LogP contribution in [-0.2, 0) is 17.9 Å². The van der Waals surface area contributed by atoms with E-state index in [2.05, 4.69) is 48.0 Å². The zero-order chi connectivity index (χ0) is 20.8. The van der Waals surface area contributed by atoms with Gasteiger partial charge >= 0.3 is 0 Å². The van der Waals surface area contributed by atoms with Crippen LogP contribution in [0, 0.1) is 19.8 Å². The molecule has 1 N–H and O–H groups in total. The van der Waals surface area contributed by atoms with Gasteiger partial charge in [0.2, 0.25) is 5.91 Å². The van der Waals surface area contributed by atoms with Crippen molar-refractivity contribution in [2.45, 2.75) is 53.6 Å². The number of rotatable bonds is 9. The maximum absolute atomic E-state index is 12.4. The average Bonchev–Trinajstić information content (AvgIpc) is 3.04. The number of nitrogens with one attached hydrogen (secondary N) is 1. The molecule has 5 nitrogen and oxygen atoms in total. The predicted octanol–water partition coefficient (Wildman–Crippen LogP) is 4.78. The molecule has 0 spiro atoms. The third kappa shape index (κ3) is 5.17. The summed E-state index contributed by atoms with van der Waals surface area (Å²) in [5, 5.41) is 3.06. The number of nitrogens with zero attached hydrogens (tertiary/aromatic N) is 2. The molecule has 0 bridgehead atoms. The lowest BCUT2D eigenvalue weighted by Crippen LogP contribution is -2.31. The minimum absolute atomic E-state index is 0.0562. The fraction of sp³-hybridized carbons (Fsp3) is 0.417. The molecule has 1 heterocycles. The quantitative estimate of drug-likeness (QED) is 0.569. The summed E-state index contributed by atoms with van der Waals surface area (Å²) < 4.78 is 8.15. The van der Waals surface area contributed by atoms with Crippen LogP contribution in [0.4, 0.5) is 0 Å². The largest absolute Gasteiger partial charge is 0.492 e. The Balaban J connectivity index is 1.73. The topological polar surface area (TPSA) is 56.2 Å². The van der Waals surface area contributed by atoms with Crippen molar-refractivity contribution in [1.82, 2.24) is 14.9 Å². The zero-order valence-corrected chi connectivity index (χ0v) is 17.9. The maximum atomic E-state index is 12.4. The number of aromatic nitrogens is 2. The molecular weight excluding hydrogens is 362 g/mol. The average molecular weight is 394 g/mol. The van der Waals surface area contributed by atoms with Gasteiger partial charge in [-0.3, -0.25) is 4.79 Å². The molecule has 154 valence electrons. The minimum atomic E-state index is 0.0562. The van der Waals surface area contributed by atoms with Gasteiger partial charge in [0.1, 0.15) is 18.2 Å².